The Morgan fingerprint density at radius 2 is 1.96 bits per heavy atom. The number of esters is 1. The molecule has 138 valence electrons. The van der Waals surface area contributed by atoms with Crippen LogP contribution in [-0.2, 0) is 16.1 Å². The number of benzene rings is 2. The number of anilines is 2. The number of carbonyl (C=O) groups excluding carboxylic acids is 2. The largest absolute Gasteiger partial charge is 0.456 e. The van der Waals surface area contributed by atoms with E-state index in [1.54, 1.807) is 53.9 Å². The van der Waals surface area contributed by atoms with Gasteiger partial charge in [0, 0.05) is 21.8 Å². The van der Waals surface area contributed by atoms with Gasteiger partial charge in [-0.25, -0.2) is 9.78 Å². The molecular weight excluding hydrogens is 452 g/mol. The maximum atomic E-state index is 12.1. The molecule has 1 aromatic heterocycles. The summed E-state index contributed by atoms with van der Waals surface area (Å²) < 4.78 is 6.18. The highest BCUT2D eigenvalue weighted by atomic mass is 79.9. The highest BCUT2D eigenvalue weighted by Gasteiger charge is 2.18. The lowest BCUT2D eigenvalue weighted by atomic mass is 10.2. The number of nitrogens with zero attached hydrogens (tertiary/aromatic N) is 2. The molecule has 2 aromatic carbocycles. The lowest BCUT2D eigenvalue weighted by Gasteiger charge is -2.18. The second-order valence-corrected chi connectivity index (χ2v) is 7.73. The summed E-state index contributed by atoms with van der Waals surface area (Å²) in [6.07, 6.45) is 0. The van der Waals surface area contributed by atoms with Gasteiger partial charge in [-0.15, -0.1) is 11.3 Å². The van der Waals surface area contributed by atoms with E-state index in [0.717, 1.165) is 4.47 Å². The molecule has 0 bridgehead atoms. The number of carbonyl (C=O) groups is 2. The number of rotatable bonds is 5. The van der Waals surface area contributed by atoms with Crippen LogP contribution in [0.5, 0.6) is 0 Å². The Hall–Kier alpha value is -2.22. The first-order valence-electron chi connectivity index (χ1n) is 7.87. The van der Waals surface area contributed by atoms with Crippen molar-refractivity contribution in [3.05, 3.63) is 74.7 Å². The summed E-state index contributed by atoms with van der Waals surface area (Å²) in [5.74, 6) is -0.625. The Kier molecular flexibility index (Phi) is 6.26. The van der Waals surface area contributed by atoms with Crippen molar-refractivity contribution in [2.45, 2.75) is 13.5 Å². The zero-order chi connectivity index (χ0) is 19.4. The first kappa shape index (κ1) is 19.5. The van der Waals surface area contributed by atoms with E-state index in [1.165, 1.54) is 23.2 Å². The van der Waals surface area contributed by atoms with E-state index in [9.17, 15) is 9.59 Å². The summed E-state index contributed by atoms with van der Waals surface area (Å²) in [7, 11) is 0. The molecule has 0 aliphatic rings. The van der Waals surface area contributed by atoms with Crippen molar-refractivity contribution in [1.82, 2.24) is 4.98 Å². The van der Waals surface area contributed by atoms with Crippen LogP contribution in [0.2, 0.25) is 5.02 Å². The van der Waals surface area contributed by atoms with Crippen molar-refractivity contribution < 1.29 is 14.3 Å². The molecule has 0 N–H and O–H groups in total. The first-order chi connectivity index (χ1) is 12.9. The average Bonchev–Trinajstić information content (AvgIpc) is 3.08. The molecule has 0 atom stereocenters. The minimum Gasteiger partial charge on any atom is -0.456 e. The van der Waals surface area contributed by atoms with E-state index in [-0.39, 0.29) is 12.5 Å². The Morgan fingerprint density at radius 1 is 1.22 bits per heavy atom. The molecule has 1 heterocycles. The zero-order valence-electron chi connectivity index (χ0n) is 14.2. The second kappa shape index (κ2) is 8.65. The van der Waals surface area contributed by atoms with Crippen LogP contribution in [0.4, 0.5) is 10.8 Å². The van der Waals surface area contributed by atoms with Crippen molar-refractivity contribution in [3.63, 3.8) is 0 Å². The molecule has 3 rings (SSSR count). The minimum atomic E-state index is -0.435. The van der Waals surface area contributed by atoms with Crippen LogP contribution in [0, 0.1) is 0 Å². The van der Waals surface area contributed by atoms with Crippen LogP contribution in [0.1, 0.15) is 23.0 Å². The number of aromatic nitrogens is 1. The second-order valence-electron chi connectivity index (χ2n) is 5.54. The first-order valence-corrected chi connectivity index (χ1v) is 9.92. The molecule has 0 unspecified atom stereocenters. The topological polar surface area (TPSA) is 59.5 Å². The van der Waals surface area contributed by atoms with Gasteiger partial charge in [-0.2, -0.15) is 0 Å². The summed E-state index contributed by atoms with van der Waals surface area (Å²) in [6.45, 7) is 1.47. The molecule has 0 aliphatic heterocycles. The molecule has 8 heteroatoms. The summed E-state index contributed by atoms with van der Waals surface area (Å²) >= 11 is 10.6. The SMILES string of the molecule is CC(=O)N(c1cccc(Cl)c1)c1nc(COC(=O)c2ccc(Br)cc2)cs1. The standard InChI is InChI=1S/C19H14BrClN2O3S/c1-12(24)23(17-4-2-3-15(21)9-17)19-22-16(11-27-19)10-26-18(25)13-5-7-14(20)8-6-13/h2-9,11H,10H2,1H3. The lowest BCUT2D eigenvalue weighted by molar-refractivity contribution is -0.115. The van der Waals surface area contributed by atoms with E-state index in [0.29, 0.717) is 27.1 Å². The van der Waals surface area contributed by atoms with E-state index in [2.05, 4.69) is 20.9 Å². The smallest absolute Gasteiger partial charge is 0.338 e. The predicted octanol–water partition coefficient (Wildman–Crippen LogP) is 5.60. The van der Waals surface area contributed by atoms with Crippen LogP contribution < -0.4 is 4.90 Å². The summed E-state index contributed by atoms with van der Waals surface area (Å²) in [4.78, 5) is 30.1. The molecule has 0 fully saturated rings. The predicted molar refractivity (Wildman–Crippen MR) is 110 cm³/mol. The van der Waals surface area contributed by atoms with Crippen LogP contribution >= 0.6 is 38.9 Å². The van der Waals surface area contributed by atoms with Gasteiger partial charge in [0.05, 0.1) is 16.9 Å². The normalized spacial score (nSPS) is 10.5. The van der Waals surface area contributed by atoms with E-state index in [1.807, 2.05) is 0 Å². The molecular formula is C19H14BrClN2O3S. The van der Waals surface area contributed by atoms with Crippen molar-refractivity contribution in [1.29, 1.82) is 0 Å². The zero-order valence-corrected chi connectivity index (χ0v) is 17.3. The number of ether oxygens (including phenoxy) is 1. The van der Waals surface area contributed by atoms with Crippen LogP contribution in [0.15, 0.2) is 58.4 Å². The Bertz CT molecular complexity index is 975. The molecule has 0 spiro atoms. The van der Waals surface area contributed by atoms with Crippen molar-refractivity contribution in [3.8, 4) is 0 Å². The van der Waals surface area contributed by atoms with Gasteiger partial charge in [-0.3, -0.25) is 9.69 Å². The number of thiazole rings is 1. The molecule has 0 saturated carbocycles. The molecule has 0 saturated heterocycles. The highest BCUT2D eigenvalue weighted by Crippen LogP contribution is 2.30. The third kappa shape index (κ3) is 4.94. The average molecular weight is 466 g/mol. The molecule has 27 heavy (non-hydrogen) atoms. The fourth-order valence-electron chi connectivity index (χ4n) is 2.32. The molecule has 0 aliphatic carbocycles. The van der Waals surface area contributed by atoms with Crippen LogP contribution in [-0.4, -0.2) is 16.9 Å². The van der Waals surface area contributed by atoms with Crippen LogP contribution in [0.3, 0.4) is 0 Å². The van der Waals surface area contributed by atoms with Gasteiger partial charge in [0.15, 0.2) is 5.13 Å². The van der Waals surface area contributed by atoms with Crippen molar-refractivity contribution >= 4 is 61.6 Å². The third-order valence-electron chi connectivity index (χ3n) is 3.54. The third-order valence-corrected chi connectivity index (χ3v) is 5.18. The van der Waals surface area contributed by atoms with Gasteiger partial charge in [0.25, 0.3) is 0 Å². The van der Waals surface area contributed by atoms with Gasteiger partial charge < -0.3 is 4.74 Å². The fraction of sp³-hybridized carbons (Fsp3) is 0.105. The Morgan fingerprint density at radius 3 is 2.63 bits per heavy atom. The van der Waals surface area contributed by atoms with Gasteiger partial charge in [0.2, 0.25) is 5.91 Å². The summed E-state index contributed by atoms with van der Waals surface area (Å²) in [5, 5.41) is 2.77. The van der Waals surface area contributed by atoms with Gasteiger partial charge in [-0.1, -0.05) is 33.6 Å². The molecule has 5 nitrogen and oxygen atoms in total. The molecule has 0 radical (unpaired) electrons. The Labute approximate surface area is 173 Å². The van der Waals surface area contributed by atoms with Gasteiger partial charge in [0.1, 0.15) is 6.61 Å². The fourth-order valence-corrected chi connectivity index (χ4v) is 3.64. The van der Waals surface area contributed by atoms with Crippen molar-refractivity contribution in [2.24, 2.45) is 0 Å². The van der Waals surface area contributed by atoms with Gasteiger partial charge in [-0.05, 0) is 42.5 Å². The monoisotopic (exact) mass is 464 g/mol. The lowest BCUT2D eigenvalue weighted by Crippen LogP contribution is -2.22. The number of hydrogen-bond donors (Lipinski definition) is 0. The van der Waals surface area contributed by atoms with Crippen molar-refractivity contribution in [2.75, 3.05) is 4.90 Å². The van der Waals surface area contributed by atoms with Gasteiger partial charge >= 0.3 is 5.97 Å². The maximum absolute atomic E-state index is 12.1. The number of halogens is 2. The number of hydrogen-bond acceptors (Lipinski definition) is 5. The van der Waals surface area contributed by atoms with E-state index in [4.69, 9.17) is 16.3 Å². The summed E-state index contributed by atoms with van der Waals surface area (Å²) in [6, 6.07) is 13.9. The highest BCUT2D eigenvalue weighted by molar-refractivity contribution is 9.10. The van der Waals surface area contributed by atoms with E-state index < -0.39 is 5.97 Å². The molecule has 3 aromatic rings. The molecule has 1 amide bonds. The van der Waals surface area contributed by atoms with Crippen LogP contribution in [0.25, 0.3) is 0 Å². The quantitative estimate of drug-likeness (QED) is 0.460. The summed E-state index contributed by atoms with van der Waals surface area (Å²) in [5.41, 5.74) is 1.65. The minimum absolute atomic E-state index is 0.0205. The maximum Gasteiger partial charge on any atom is 0.338 e. The Balaban J connectivity index is 1.72. The van der Waals surface area contributed by atoms with E-state index >= 15 is 0 Å². The number of amides is 1.